The third kappa shape index (κ3) is 1.99. The lowest BCUT2D eigenvalue weighted by Crippen LogP contribution is -2.48. The van der Waals surface area contributed by atoms with Gasteiger partial charge in [-0.25, -0.2) is 0 Å². The van der Waals surface area contributed by atoms with E-state index in [4.69, 9.17) is 10.3 Å². The molecule has 1 aliphatic rings. The molecule has 0 saturated heterocycles. The smallest absolute Gasteiger partial charge is 0.292 e. The first-order valence-corrected chi connectivity index (χ1v) is 4.96. The molecule has 0 unspecified atom stereocenters. The molecular weight excluding hydrogens is 196 g/mol. The lowest BCUT2D eigenvalue weighted by molar-refractivity contribution is 0.0950. The van der Waals surface area contributed by atoms with Gasteiger partial charge in [0.1, 0.15) is 0 Å². The number of carbonyl (C=O) groups excluding carboxylic acids is 1. The predicted molar refractivity (Wildman–Crippen MR) is 52.2 cm³/mol. The van der Waals surface area contributed by atoms with Gasteiger partial charge in [-0.05, 0) is 19.3 Å². The number of hydrogen-bond donors (Lipinski definition) is 2. The van der Waals surface area contributed by atoms with E-state index in [9.17, 15) is 4.79 Å². The van der Waals surface area contributed by atoms with Crippen LogP contribution in [0.2, 0.25) is 0 Å². The van der Waals surface area contributed by atoms with E-state index < -0.39 is 0 Å². The molecule has 0 aromatic carbocycles. The van der Waals surface area contributed by atoms with Gasteiger partial charge in [-0.3, -0.25) is 4.79 Å². The summed E-state index contributed by atoms with van der Waals surface area (Å²) in [6, 6.07) is 0. The minimum Gasteiger partial charge on any atom is -0.352 e. The molecule has 1 heterocycles. The van der Waals surface area contributed by atoms with Crippen molar-refractivity contribution >= 4 is 5.91 Å². The second-order valence-electron chi connectivity index (χ2n) is 3.98. The predicted octanol–water partition coefficient (Wildman–Crippen LogP) is -0.147. The molecule has 0 atom stereocenters. The Bertz CT molecular complexity index is 370. The van der Waals surface area contributed by atoms with Crippen molar-refractivity contribution in [1.82, 2.24) is 15.5 Å². The van der Waals surface area contributed by atoms with Crippen molar-refractivity contribution in [1.29, 1.82) is 0 Å². The van der Waals surface area contributed by atoms with Crippen LogP contribution < -0.4 is 11.1 Å². The maximum absolute atomic E-state index is 11.1. The minimum absolute atomic E-state index is 0.0652. The number of nitrogens with two attached hydrogens (primary N) is 1. The fourth-order valence-corrected chi connectivity index (χ4v) is 1.64. The summed E-state index contributed by atoms with van der Waals surface area (Å²) in [6.45, 7) is 0. The highest BCUT2D eigenvalue weighted by molar-refractivity contribution is 5.89. The molecule has 6 nitrogen and oxygen atoms in total. The van der Waals surface area contributed by atoms with Crippen molar-refractivity contribution in [3.8, 4) is 0 Å². The van der Waals surface area contributed by atoms with Crippen LogP contribution in [0.15, 0.2) is 4.52 Å². The Morgan fingerprint density at radius 2 is 2.40 bits per heavy atom. The van der Waals surface area contributed by atoms with Crippen molar-refractivity contribution in [2.75, 3.05) is 7.05 Å². The van der Waals surface area contributed by atoms with Gasteiger partial charge in [0.25, 0.3) is 11.7 Å². The molecule has 82 valence electrons. The van der Waals surface area contributed by atoms with Gasteiger partial charge in [0.15, 0.2) is 0 Å². The van der Waals surface area contributed by atoms with Gasteiger partial charge in [0.05, 0.1) is 0 Å². The second kappa shape index (κ2) is 3.62. The van der Waals surface area contributed by atoms with E-state index in [1.54, 1.807) is 0 Å². The molecule has 1 fully saturated rings. The van der Waals surface area contributed by atoms with Crippen LogP contribution in [0.1, 0.15) is 35.8 Å². The standard InChI is InChI=1S/C9H14N4O2/c1-11-8(14)7-12-6(15-13-7)5-9(10)3-2-4-9/h2-5,10H2,1H3,(H,11,14). The molecule has 2 rings (SSSR count). The van der Waals surface area contributed by atoms with Gasteiger partial charge in [0, 0.05) is 19.0 Å². The molecule has 6 heteroatoms. The summed E-state index contributed by atoms with van der Waals surface area (Å²) < 4.78 is 4.96. The fraction of sp³-hybridized carbons (Fsp3) is 0.667. The van der Waals surface area contributed by atoms with E-state index in [1.807, 2.05) is 0 Å². The van der Waals surface area contributed by atoms with E-state index in [2.05, 4.69) is 15.5 Å². The van der Waals surface area contributed by atoms with Crippen LogP contribution in [0.4, 0.5) is 0 Å². The zero-order chi connectivity index (χ0) is 10.9. The van der Waals surface area contributed by atoms with Gasteiger partial charge in [0.2, 0.25) is 5.89 Å². The third-order valence-electron chi connectivity index (χ3n) is 2.75. The molecule has 0 aliphatic heterocycles. The van der Waals surface area contributed by atoms with Crippen molar-refractivity contribution in [3.05, 3.63) is 11.7 Å². The molecule has 3 N–H and O–H groups in total. The van der Waals surface area contributed by atoms with Crippen LogP contribution >= 0.6 is 0 Å². The van der Waals surface area contributed by atoms with Crippen LogP contribution in [-0.4, -0.2) is 28.6 Å². The van der Waals surface area contributed by atoms with Crippen LogP contribution in [-0.2, 0) is 6.42 Å². The second-order valence-corrected chi connectivity index (χ2v) is 3.98. The largest absolute Gasteiger partial charge is 0.352 e. The molecule has 1 aromatic rings. The highest BCUT2D eigenvalue weighted by Gasteiger charge is 2.34. The maximum Gasteiger partial charge on any atom is 0.292 e. The molecule has 0 bridgehead atoms. The van der Waals surface area contributed by atoms with Gasteiger partial charge in [-0.15, -0.1) is 0 Å². The summed E-state index contributed by atoms with van der Waals surface area (Å²) in [6.07, 6.45) is 3.65. The van der Waals surface area contributed by atoms with E-state index in [0.717, 1.165) is 19.3 Å². The minimum atomic E-state index is -0.343. The summed E-state index contributed by atoms with van der Waals surface area (Å²) in [5.74, 6) is 0.163. The van der Waals surface area contributed by atoms with Gasteiger partial charge < -0.3 is 15.6 Å². The average molecular weight is 210 g/mol. The zero-order valence-corrected chi connectivity index (χ0v) is 8.62. The molecule has 1 aromatic heterocycles. The maximum atomic E-state index is 11.1. The Morgan fingerprint density at radius 3 is 2.93 bits per heavy atom. The van der Waals surface area contributed by atoms with Crippen LogP contribution in [0.5, 0.6) is 0 Å². The van der Waals surface area contributed by atoms with E-state index >= 15 is 0 Å². The molecule has 1 saturated carbocycles. The van der Waals surface area contributed by atoms with Gasteiger partial charge >= 0.3 is 0 Å². The topological polar surface area (TPSA) is 94.0 Å². The lowest BCUT2D eigenvalue weighted by atomic mass is 9.75. The van der Waals surface area contributed by atoms with Crippen molar-refractivity contribution in [3.63, 3.8) is 0 Å². The Labute approximate surface area is 87.2 Å². The number of carbonyl (C=O) groups is 1. The Kier molecular flexibility index (Phi) is 2.44. The number of rotatable bonds is 3. The van der Waals surface area contributed by atoms with Crippen molar-refractivity contribution < 1.29 is 9.32 Å². The molecular formula is C9H14N4O2. The molecule has 0 spiro atoms. The van der Waals surface area contributed by atoms with E-state index in [0.29, 0.717) is 12.3 Å². The molecule has 0 radical (unpaired) electrons. The monoisotopic (exact) mass is 210 g/mol. The summed E-state index contributed by atoms with van der Waals surface area (Å²) in [5.41, 5.74) is 5.82. The number of nitrogens with zero attached hydrogens (tertiary/aromatic N) is 2. The molecule has 1 aliphatic carbocycles. The SMILES string of the molecule is CNC(=O)c1noc(CC2(N)CCC2)n1. The number of nitrogens with one attached hydrogen (secondary N) is 1. The van der Waals surface area contributed by atoms with Gasteiger partial charge in [-0.1, -0.05) is 5.16 Å². The van der Waals surface area contributed by atoms with Gasteiger partial charge in [-0.2, -0.15) is 4.98 Å². The average Bonchev–Trinajstić information content (AvgIpc) is 2.62. The summed E-state index contributed by atoms with van der Waals surface area (Å²) in [7, 11) is 1.52. The van der Waals surface area contributed by atoms with Crippen molar-refractivity contribution in [2.24, 2.45) is 5.73 Å². The number of aromatic nitrogens is 2. The Balaban J connectivity index is 2.04. The van der Waals surface area contributed by atoms with E-state index in [1.165, 1.54) is 7.05 Å². The van der Waals surface area contributed by atoms with Crippen LogP contribution in [0, 0.1) is 0 Å². The quantitative estimate of drug-likeness (QED) is 0.723. The van der Waals surface area contributed by atoms with E-state index in [-0.39, 0.29) is 17.3 Å². The Morgan fingerprint density at radius 1 is 1.67 bits per heavy atom. The van der Waals surface area contributed by atoms with Crippen LogP contribution in [0.3, 0.4) is 0 Å². The first-order valence-electron chi connectivity index (χ1n) is 4.96. The lowest BCUT2D eigenvalue weighted by Gasteiger charge is -2.36. The molecule has 15 heavy (non-hydrogen) atoms. The molecule has 1 amide bonds. The first kappa shape index (κ1) is 10.1. The number of hydrogen-bond acceptors (Lipinski definition) is 5. The number of amides is 1. The normalized spacial score (nSPS) is 18.3. The fourth-order valence-electron chi connectivity index (χ4n) is 1.64. The third-order valence-corrected chi connectivity index (χ3v) is 2.75. The van der Waals surface area contributed by atoms with Crippen LogP contribution in [0.25, 0.3) is 0 Å². The van der Waals surface area contributed by atoms with Crippen molar-refractivity contribution in [2.45, 2.75) is 31.2 Å². The highest BCUT2D eigenvalue weighted by Crippen LogP contribution is 2.31. The summed E-state index contributed by atoms with van der Waals surface area (Å²) in [4.78, 5) is 15.1. The summed E-state index contributed by atoms with van der Waals surface area (Å²) >= 11 is 0. The highest BCUT2D eigenvalue weighted by atomic mass is 16.5. The first-order chi connectivity index (χ1) is 7.13. The zero-order valence-electron chi connectivity index (χ0n) is 8.62. The Hall–Kier alpha value is -1.43. The summed E-state index contributed by atoms with van der Waals surface area (Å²) in [5, 5.41) is 6.01.